The van der Waals surface area contributed by atoms with Gasteiger partial charge >= 0.3 is 0 Å². The van der Waals surface area contributed by atoms with E-state index in [4.69, 9.17) is 0 Å². The number of hydrogen-bond donors (Lipinski definition) is 0. The van der Waals surface area contributed by atoms with E-state index in [1.165, 1.54) is 11.3 Å². The second kappa shape index (κ2) is 5.92. The maximum absolute atomic E-state index is 12.4. The third-order valence-corrected chi connectivity index (χ3v) is 4.86. The van der Waals surface area contributed by atoms with Gasteiger partial charge < -0.3 is 9.80 Å². The molecule has 3 aromatic rings. The Morgan fingerprint density at radius 1 is 1.13 bits per heavy atom. The molecule has 116 valence electrons. The number of fused-ring (bicyclic) bond motifs is 1. The molecule has 1 aliphatic rings. The lowest BCUT2D eigenvalue weighted by Crippen LogP contribution is -2.49. The summed E-state index contributed by atoms with van der Waals surface area (Å²) in [5, 5.41) is 11.2. The van der Waals surface area contributed by atoms with Crippen LogP contribution in [0.2, 0.25) is 0 Å². The fourth-order valence-electron chi connectivity index (χ4n) is 2.79. The molecule has 3 aromatic heterocycles. The van der Waals surface area contributed by atoms with Crippen LogP contribution in [0.5, 0.6) is 0 Å². The first-order chi connectivity index (χ1) is 11.3. The molecular formula is C16H15N5OS. The zero-order valence-corrected chi connectivity index (χ0v) is 13.2. The highest BCUT2D eigenvalue weighted by atomic mass is 32.1. The molecule has 1 fully saturated rings. The minimum Gasteiger partial charge on any atom is -0.350 e. The first-order valence-electron chi connectivity index (χ1n) is 7.47. The molecule has 0 atom stereocenters. The van der Waals surface area contributed by atoms with E-state index in [0.29, 0.717) is 13.1 Å². The number of anilines is 1. The molecule has 6 nitrogen and oxygen atoms in total. The van der Waals surface area contributed by atoms with Crippen LogP contribution in [0.4, 0.5) is 5.82 Å². The summed E-state index contributed by atoms with van der Waals surface area (Å²) in [6.07, 6.45) is 3.49. The van der Waals surface area contributed by atoms with Crippen molar-refractivity contribution in [3.05, 3.63) is 46.9 Å². The Hall–Kier alpha value is -2.54. The lowest BCUT2D eigenvalue weighted by Gasteiger charge is -2.35. The van der Waals surface area contributed by atoms with E-state index in [0.717, 1.165) is 34.7 Å². The number of carbonyl (C=O) groups excluding carboxylic acids is 1. The van der Waals surface area contributed by atoms with Crippen LogP contribution >= 0.6 is 11.3 Å². The highest BCUT2D eigenvalue weighted by Gasteiger charge is 2.24. The molecule has 0 aliphatic carbocycles. The van der Waals surface area contributed by atoms with Crippen LogP contribution < -0.4 is 4.90 Å². The number of rotatable bonds is 2. The number of aromatic nitrogens is 3. The third-order valence-electron chi connectivity index (χ3n) is 4.00. The SMILES string of the molecule is O=C(c1cccs1)N1CCN(c2nncc3cccnc23)CC1. The Labute approximate surface area is 137 Å². The zero-order chi connectivity index (χ0) is 15.6. The Kier molecular flexibility index (Phi) is 3.63. The van der Waals surface area contributed by atoms with Crippen molar-refractivity contribution in [2.75, 3.05) is 31.1 Å². The quantitative estimate of drug-likeness (QED) is 0.721. The predicted octanol–water partition coefficient (Wildman–Crippen LogP) is 2.05. The molecule has 23 heavy (non-hydrogen) atoms. The summed E-state index contributed by atoms with van der Waals surface area (Å²) in [5.74, 6) is 0.910. The van der Waals surface area contributed by atoms with Crippen LogP contribution in [0.3, 0.4) is 0 Å². The molecule has 0 bridgehead atoms. The number of thiophene rings is 1. The number of hydrogen-bond acceptors (Lipinski definition) is 6. The Morgan fingerprint density at radius 3 is 2.78 bits per heavy atom. The molecule has 4 heterocycles. The van der Waals surface area contributed by atoms with Gasteiger partial charge in [-0.2, -0.15) is 5.10 Å². The summed E-state index contributed by atoms with van der Waals surface area (Å²) < 4.78 is 0. The number of piperazine rings is 1. The number of pyridine rings is 1. The molecule has 1 amide bonds. The summed E-state index contributed by atoms with van der Waals surface area (Å²) in [6, 6.07) is 7.66. The molecule has 0 spiro atoms. The van der Waals surface area contributed by atoms with Crippen LogP contribution in [0.25, 0.3) is 10.9 Å². The topological polar surface area (TPSA) is 62.2 Å². The summed E-state index contributed by atoms with van der Waals surface area (Å²) >= 11 is 1.49. The normalized spacial score (nSPS) is 15.1. The maximum Gasteiger partial charge on any atom is 0.264 e. The first kappa shape index (κ1) is 14.1. The van der Waals surface area contributed by atoms with Gasteiger partial charge in [-0.3, -0.25) is 9.78 Å². The van der Waals surface area contributed by atoms with Crippen LogP contribution in [0.15, 0.2) is 42.0 Å². The van der Waals surface area contributed by atoms with Gasteiger partial charge in [0.15, 0.2) is 5.82 Å². The van der Waals surface area contributed by atoms with E-state index in [9.17, 15) is 4.79 Å². The second-order valence-electron chi connectivity index (χ2n) is 5.37. The Balaban J connectivity index is 1.52. The van der Waals surface area contributed by atoms with E-state index < -0.39 is 0 Å². The van der Waals surface area contributed by atoms with Crippen LogP contribution in [0.1, 0.15) is 9.67 Å². The molecule has 1 aliphatic heterocycles. The third kappa shape index (κ3) is 2.63. The average Bonchev–Trinajstić information content (AvgIpc) is 3.15. The number of carbonyl (C=O) groups is 1. The van der Waals surface area contributed by atoms with Crippen LogP contribution in [-0.4, -0.2) is 52.2 Å². The van der Waals surface area contributed by atoms with Gasteiger partial charge in [-0.25, -0.2) is 0 Å². The van der Waals surface area contributed by atoms with Crippen LogP contribution in [0, 0.1) is 0 Å². The second-order valence-corrected chi connectivity index (χ2v) is 6.31. The summed E-state index contributed by atoms with van der Waals surface area (Å²) in [4.78, 5) is 21.7. The van der Waals surface area contributed by atoms with Crippen molar-refractivity contribution in [3.63, 3.8) is 0 Å². The Bertz CT molecular complexity index is 822. The van der Waals surface area contributed by atoms with Gasteiger partial charge in [-0.15, -0.1) is 16.4 Å². The van der Waals surface area contributed by atoms with Gasteiger partial charge in [-0.05, 0) is 23.6 Å². The van der Waals surface area contributed by atoms with E-state index >= 15 is 0 Å². The van der Waals surface area contributed by atoms with Gasteiger partial charge in [0.1, 0.15) is 5.52 Å². The molecule has 0 saturated carbocycles. The minimum atomic E-state index is 0.113. The number of nitrogens with zero attached hydrogens (tertiary/aromatic N) is 5. The van der Waals surface area contributed by atoms with E-state index in [1.807, 2.05) is 34.5 Å². The molecule has 1 saturated heterocycles. The lowest BCUT2D eigenvalue weighted by molar-refractivity contribution is 0.0751. The van der Waals surface area contributed by atoms with Gasteiger partial charge in [-0.1, -0.05) is 6.07 Å². The predicted molar refractivity (Wildman–Crippen MR) is 89.8 cm³/mol. The zero-order valence-electron chi connectivity index (χ0n) is 12.4. The van der Waals surface area contributed by atoms with E-state index in [1.54, 1.807) is 12.4 Å². The molecule has 4 rings (SSSR count). The maximum atomic E-state index is 12.4. The van der Waals surface area contributed by atoms with Gasteiger partial charge in [0.2, 0.25) is 0 Å². The fraction of sp³-hybridized carbons (Fsp3) is 0.250. The monoisotopic (exact) mass is 325 g/mol. The minimum absolute atomic E-state index is 0.113. The van der Waals surface area contributed by atoms with Crippen molar-refractivity contribution in [1.82, 2.24) is 20.1 Å². The van der Waals surface area contributed by atoms with Crippen molar-refractivity contribution in [3.8, 4) is 0 Å². The van der Waals surface area contributed by atoms with Crippen LogP contribution in [-0.2, 0) is 0 Å². The van der Waals surface area contributed by atoms with Crippen molar-refractivity contribution >= 4 is 34.0 Å². The van der Waals surface area contributed by atoms with Crippen molar-refractivity contribution in [2.24, 2.45) is 0 Å². The van der Waals surface area contributed by atoms with Crippen molar-refractivity contribution in [2.45, 2.75) is 0 Å². The van der Waals surface area contributed by atoms with Gasteiger partial charge in [0.05, 0.1) is 11.1 Å². The lowest BCUT2D eigenvalue weighted by atomic mass is 10.2. The van der Waals surface area contributed by atoms with Crippen molar-refractivity contribution in [1.29, 1.82) is 0 Å². The van der Waals surface area contributed by atoms with Gasteiger partial charge in [0, 0.05) is 37.8 Å². The van der Waals surface area contributed by atoms with E-state index in [-0.39, 0.29) is 5.91 Å². The smallest absolute Gasteiger partial charge is 0.264 e. The standard InChI is InChI=1S/C16H15N5OS/c22-16(13-4-2-10-23-13)21-8-6-20(7-9-21)15-14-12(11-18-19-15)3-1-5-17-14/h1-5,10-11H,6-9H2. The van der Waals surface area contributed by atoms with E-state index in [2.05, 4.69) is 20.1 Å². The summed E-state index contributed by atoms with van der Waals surface area (Å²) in [7, 11) is 0. The molecule has 0 unspecified atom stereocenters. The fourth-order valence-corrected chi connectivity index (χ4v) is 3.48. The molecule has 7 heteroatoms. The highest BCUT2D eigenvalue weighted by Crippen LogP contribution is 2.22. The average molecular weight is 325 g/mol. The molecular weight excluding hydrogens is 310 g/mol. The first-order valence-corrected chi connectivity index (χ1v) is 8.35. The molecule has 0 radical (unpaired) electrons. The number of amides is 1. The molecule has 0 N–H and O–H groups in total. The summed E-state index contributed by atoms with van der Waals surface area (Å²) in [5.41, 5.74) is 0.862. The summed E-state index contributed by atoms with van der Waals surface area (Å²) in [6.45, 7) is 2.84. The largest absolute Gasteiger partial charge is 0.350 e. The van der Waals surface area contributed by atoms with Gasteiger partial charge in [0.25, 0.3) is 5.91 Å². The highest BCUT2D eigenvalue weighted by molar-refractivity contribution is 7.12. The van der Waals surface area contributed by atoms with Crippen molar-refractivity contribution < 1.29 is 4.79 Å². The molecule has 0 aromatic carbocycles. The Morgan fingerprint density at radius 2 is 2.00 bits per heavy atom.